The lowest BCUT2D eigenvalue weighted by Gasteiger charge is -2.16. The van der Waals surface area contributed by atoms with Gasteiger partial charge in [0.25, 0.3) is 0 Å². The zero-order valence-corrected chi connectivity index (χ0v) is 9.70. The maximum absolute atomic E-state index is 13.0. The van der Waals surface area contributed by atoms with Crippen molar-refractivity contribution in [1.29, 1.82) is 0 Å². The highest BCUT2D eigenvalue weighted by atomic mass is 19.2. The molecular weight excluding hydrogens is 244 g/mol. The van der Waals surface area contributed by atoms with Gasteiger partial charge >= 0.3 is 5.97 Å². The number of carbonyl (C=O) groups is 1. The summed E-state index contributed by atoms with van der Waals surface area (Å²) in [6, 6.07) is 3.03. The number of hydrogen-bond donors (Lipinski definition) is 3. The van der Waals surface area contributed by atoms with Gasteiger partial charge in [0.05, 0.1) is 13.0 Å². The normalized spacial score (nSPS) is 12.4. The van der Waals surface area contributed by atoms with Crippen LogP contribution in [0.5, 0.6) is 0 Å². The Morgan fingerprint density at radius 2 is 2.06 bits per heavy atom. The van der Waals surface area contributed by atoms with E-state index in [1.807, 2.05) is 0 Å². The SMILES string of the molecule is O=C(O)CC(Cc1ccc(F)c(F)c1)NCCO. The van der Waals surface area contributed by atoms with Crippen molar-refractivity contribution in [1.82, 2.24) is 5.32 Å². The van der Waals surface area contributed by atoms with E-state index < -0.39 is 23.6 Å². The molecule has 4 nitrogen and oxygen atoms in total. The number of benzene rings is 1. The summed E-state index contributed by atoms with van der Waals surface area (Å²) in [6.07, 6.45) is 0.0997. The summed E-state index contributed by atoms with van der Waals surface area (Å²) in [6.45, 7) is 0.134. The third-order valence-electron chi connectivity index (χ3n) is 2.43. The number of halogens is 2. The van der Waals surface area contributed by atoms with E-state index in [0.717, 1.165) is 12.1 Å². The van der Waals surface area contributed by atoms with Crippen LogP contribution in [0, 0.1) is 11.6 Å². The van der Waals surface area contributed by atoms with Gasteiger partial charge in [-0.25, -0.2) is 8.78 Å². The second kappa shape index (κ2) is 7.03. The van der Waals surface area contributed by atoms with E-state index in [0.29, 0.717) is 5.56 Å². The van der Waals surface area contributed by atoms with Crippen molar-refractivity contribution < 1.29 is 23.8 Å². The predicted octanol–water partition coefficient (Wildman–Crippen LogP) is 0.933. The Hall–Kier alpha value is -1.53. The number of hydrogen-bond acceptors (Lipinski definition) is 3. The Balaban J connectivity index is 2.68. The van der Waals surface area contributed by atoms with Crippen molar-refractivity contribution in [3.05, 3.63) is 35.4 Å². The first-order valence-corrected chi connectivity index (χ1v) is 5.53. The molecule has 1 atom stereocenters. The molecule has 100 valence electrons. The van der Waals surface area contributed by atoms with E-state index in [9.17, 15) is 13.6 Å². The minimum Gasteiger partial charge on any atom is -0.481 e. The van der Waals surface area contributed by atoms with E-state index in [-0.39, 0.29) is 26.0 Å². The molecule has 0 amide bonds. The molecule has 6 heteroatoms. The van der Waals surface area contributed by atoms with Crippen LogP contribution in [0.4, 0.5) is 8.78 Å². The fraction of sp³-hybridized carbons (Fsp3) is 0.417. The van der Waals surface area contributed by atoms with Crippen LogP contribution < -0.4 is 5.32 Å². The Morgan fingerprint density at radius 3 is 2.61 bits per heavy atom. The largest absolute Gasteiger partial charge is 0.481 e. The molecule has 0 fully saturated rings. The molecule has 0 aromatic heterocycles. The standard InChI is InChI=1S/C12H15F2NO3/c13-10-2-1-8(6-11(10)14)5-9(7-12(17)18)15-3-4-16/h1-2,6,9,15-16H,3-5,7H2,(H,17,18). The van der Waals surface area contributed by atoms with E-state index in [4.69, 9.17) is 10.2 Å². The predicted molar refractivity (Wildman–Crippen MR) is 61.2 cm³/mol. The van der Waals surface area contributed by atoms with Crippen LogP contribution in [0.15, 0.2) is 18.2 Å². The minimum absolute atomic E-state index is 0.117. The lowest BCUT2D eigenvalue weighted by molar-refractivity contribution is -0.137. The Labute approximate surface area is 103 Å². The summed E-state index contributed by atoms with van der Waals surface area (Å²) in [7, 11) is 0. The van der Waals surface area contributed by atoms with Gasteiger partial charge in [-0.2, -0.15) is 0 Å². The van der Waals surface area contributed by atoms with Crippen molar-refractivity contribution >= 4 is 5.97 Å². The summed E-state index contributed by atoms with van der Waals surface area (Å²) in [5.74, 6) is -2.88. The first-order valence-electron chi connectivity index (χ1n) is 5.53. The van der Waals surface area contributed by atoms with Gasteiger partial charge in [-0.05, 0) is 24.1 Å². The van der Waals surface area contributed by atoms with Crippen molar-refractivity contribution in [3.8, 4) is 0 Å². The molecule has 1 unspecified atom stereocenters. The van der Waals surface area contributed by atoms with Gasteiger partial charge in [0.15, 0.2) is 11.6 Å². The van der Waals surface area contributed by atoms with Crippen LogP contribution in [0.1, 0.15) is 12.0 Å². The molecule has 0 saturated carbocycles. The topological polar surface area (TPSA) is 69.6 Å². The van der Waals surface area contributed by atoms with Gasteiger partial charge in [0, 0.05) is 12.6 Å². The molecule has 1 rings (SSSR count). The Bertz CT molecular complexity index is 412. The van der Waals surface area contributed by atoms with Crippen LogP contribution in [0.2, 0.25) is 0 Å². The highest BCUT2D eigenvalue weighted by Crippen LogP contribution is 2.11. The van der Waals surface area contributed by atoms with E-state index in [2.05, 4.69) is 5.32 Å². The molecule has 0 aliphatic rings. The fourth-order valence-corrected chi connectivity index (χ4v) is 1.65. The van der Waals surface area contributed by atoms with Crippen molar-refractivity contribution in [3.63, 3.8) is 0 Å². The van der Waals surface area contributed by atoms with Gasteiger partial charge < -0.3 is 15.5 Å². The molecule has 0 bridgehead atoms. The highest BCUT2D eigenvalue weighted by molar-refractivity contribution is 5.67. The van der Waals surface area contributed by atoms with Crippen LogP contribution in [0.25, 0.3) is 0 Å². The molecule has 3 N–H and O–H groups in total. The van der Waals surface area contributed by atoms with Crippen LogP contribution in [0.3, 0.4) is 0 Å². The second-order valence-corrected chi connectivity index (χ2v) is 3.93. The van der Waals surface area contributed by atoms with Gasteiger partial charge in [0.1, 0.15) is 0 Å². The summed E-state index contributed by atoms with van der Waals surface area (Å²) in [5, 5.41) is 20.2. The molecule has 0 spiro atoms. The fourth-order valence-electron chi connectivity index (χ4n) is 1.65. The van der Waals surface area contributed by atoms with E-state index in [1.165, 1.54) is 6.07 Å². The maximum Gasteiger partial charge on any atom is 0.304 e. The summed E-state index contributed by atoms with van der Waals surface area (Å²) in [5.41, 5.74) is 0.505. The molecular formula is C12H15F2NO3. The first-order chi connectivity index (χ1) is 8.52. The average molecular weight is 259 g/mol. The second-order valence-electron chi connectivity index (χ2n) is 3.93. The van der Waals surface area contributed by atoms with Crippen LogP contribution in [-0.2, 0) is 11.2 Å². The number of rotatable bonds is 7. The zero-order chi connectivity index (χ0) is 13.5. The van der Waals surface area contributed by atoms with Gasteiger partial charge in [-0.3, -0.25) is 4.79 Å². The molecule has 18 heavy (non-hydrogen) atoms. The van der Waals surface area contributed by atoms with Crippen LogP contribution >= 0.6 is 0 Å². The Morgan fingerprint density at radius 1 is 1.33 bits per heavy atom. The number of carboxylic acid groups (broad SMARTS) is 1. The van der Waals surface area contributed by atoms with E-state index in [1.54, 1.807) is 0 Å². The molecule has 0 radical (unpaired) electrons. The monoisotopic (exact) mass is 259 g/mol. The molecule has 0 aliphatic carbocycles. The Kier molecular flexibility index (Phi) is 5.67. The van der Waals surface area contributed by atoms with Crippen molar-refractivity contribution in [2.24, 2.45) is 0 Å². The minimum atomic E-state index is -0.993. The molecule has 0 saturated heterocycles. The van der Waals surface area contributed by atoms with Gasteiger partial charge in [-0.15, -0.1) is 0 Å². The summed E-state index contributed by atoms with van der Waals surface area (Å²) < 4.78 is 25.7. The third kappa shape index (κ3) is 4.77. The zero-order valence-electron chi connectivity index (χ0n) is 9.70. The first kappa shape index (κ1) is 14.5. The highest BCUT2D eigenvalue weighted by Gasteiger charge is 2.14. The molecule has 1 aromatic rings. The van der Waals surface area contributed by atoms with Gasteiger partial charge in [-0.1, -0.05) is 6.07 Å². The number of carboxylic acids is 1. The average Bonchev–Trinajstić information content (AvgIpc) is 2.30. The molecule has 0 aliphatic heterocycles. The number of aliphatic hydroxyl groups is 1. The quantitative estimate of drug-likeness (QED) is 0.681. The maximum atomic E-state index is 13.0. The summed E-state index contributed by atoms with van der Waals surface area (Å²) in [4.78, 5) is 10.6. The summed E-state index contributed by atoms with van der Waals surface area (Å²) >= 11 is 0. The third-order valence-corrected chi connectivity index (χ3v) is 2.43. The lowest BCUT2D eigenvalue weighted by Crippen LogP contribution is -2.35. The molecule has 0 heterocycles. The number of aliphatic hydroxyl groups excluding tert-OH is 1. The van der Waals surface area contributed by atoms with Gasteiger partial charge in [0.2, 0.25) is 0 Å². The van der Waals surface area contributed by atoms with Crippen molar-refractivity contribution in [2.75, 3.05) is 13.2 Å². The van der Waals surface area contributed by atoms with Crippen molar-refractivity contribution in [2.45, 2.75) is 18.9 Å². The smallest absolute Gasteiger partial charge is 0.304 e. The van der Waals surface area contributed by atoms with Crippen LogP contribution in [-0.4, -0.2) is 35.4 Å². The van der Waals surface area contributed by atoms with E-state index >= 15 is 0 Å². The lowest BCUT2D eigenvalue weighted by atomic mass is 10.0. The number of aliphatic carboxylic acids is 1. The molecule has 1 aromatic carbocycles. The number of nitrogens with one attached hydrogen (secondary N) is 1.